The van der Waals surface area contributed by atoms with E-state index < -0.39 is 0 Å². The second-order valence-electron chi connectivity index (χ2n) is 4.23. The molecule has 1 fully saturated rings. The van der Waals surface area contributed by atoms with Crippen molar-refractivity contribution in [2.24, 2.45) is 0 Å². The number of aromatic nitrogens is 2. The van der Waals surface area contributed by atoms with E-state index in [1.807, 2.05) is 20.0 Å². The van der Waals surface area contributed by atoms with Crippen LogP contribution in [0.5, 0.6) is 0 Å². The highest BCUT2D eigenvalue weighted by Crippen LogP contribution is 2.16. The Labute approximate surface area is 96.5 Å². The molecule has 1 aromatic heterocycles. The molecule has 2 heterocycles. The molecule has 1 N–H and O–H groups in total. The van der Waals surface area contributed by atoms with Gasteiger partial charge in [0.1, 0.15) is 5.82 Å². The van der Waals surface area contributed by atoms with E-state index in [4.69, 9.17) is 0 Å². The Kier molecular flexibility index (Phi) is 3.24. The molecule has 1 aromatic rings. The summed E-state index contributed by atoms with van der Waals surface area (Å²) in [6.45, 7) is 6.27. The second kappa shape index (κ2) is 4.65. The van der Waals surface area contributed by atoms with Crippen LogP contribution in [0, 0.1) is 6.92 Å². The van der Waals surface area contributed by atoms with E-state index in [9.17, 15) is 0 Å². The smallest absolute Gasteiger partial charge is 0.224 e. The van der Waals surface area contributed by atoms with Crippen molar-refractivity contribution < 1.29 is 0 Å². The van der Waals surface area contributed by atoms with Crippen molar-refractivity contribution in [3.63, 3.8) is 0 Å². The molecule has 0 atom stereocenters. The van der Waals surface area contributed by atoms with Crippen molar-refractivity contribution >= 4 is 11.8 Å². The highest BCUT2D eigenvalue weighted by atomic mass is 15.3. The van der Waals surface area contributed by atoms with Crippen LogP contribution in [0.25, 0.3) is 0 Å². The molecule has 5 nitrogen and oxygen atoms in total. The molecule has 5 heteroatoms. The highest BCUT2D eigenvalue weighted by molar-refractivity contribution is 5.44. The predicted octanol–water partition coefficient (Wildman–Crippen LogP) is 0.579. The van der Waals surface area contributed by atoms with Gasteiger partial charge < -0.3 is 15.1 Å². The Hall–Kier alpha value is -1.36. The molecule has 0 aromatic carbocycles. The molecule has 1 aliphatic heterocycles. The lowest BCUT2D eigenvalue weighted by molar-refractivity contribution is 0.312. The Morgan fingerprint density at radius 1 is 1.19 bits per heavy atom. The molecule has 0 aliphatic carbocycles. The summed E-state index contributed by atoms with van der Waals surface area (Å²) in [4.78, 5) is 13.4. The number of hydrogen-bond acceptors (Lipinski definition) is 5. The first-order valence-electron chi connectivity index (χ1n) is 5.66. The molecule has 0 unspecified atom stereocenters. The Balaban J connectivity index is 2.16. The maximum absolute atomic E-state index is 4.49. The van der Waals surface area contributed by atoms with Gasteiger partial charge in [-0.05, 0) is 14.0 Å². The zero-order chi connectivity index (χ0) is 11.5. The van der Waals surface area contributed by atoms with E-state index in [2.05, 4.69) is 32.1 Å². The number of rotatable bonds is 2. The molecule has 2 rings (SSSR count). The molecule has 1 saturated heterocycles. The Morgan fingerprint density at radius 2 is 1.88 bits per heavy atom. The zero-order valence-electron chi connectivity index (χ0n) is 10.2. The van der Waals surface area contributed by atoms with Gasteiger partial charge in [0.05, 0.1) is 0 Å². The number of likely N-dealkylation sites (N-methyl/N-ethyl adjacent to an activating group) is 1. The average molecular weight is 221 g/mol. The first-order valence-corrected chi connectivity index (χ1v) is 5.66. The van der Waals surface area contributed by atoms with Crippen molar-refractivity contribution in [2.45, 2.75) is 6.92 Å². The van der Waals surface area contributed by atoms with Gasteiger partial charge in [-0.3, -0.25) is 0 Å². The van der Waals surface area contributed by atoms with Crippen LogP contribution in [-0.4, -0.2) is 55.1 Å². The van der Waals surface area contributed by atoms with E-state index in [-0.39, 0.29) is 0 Å². The van der Waals surface area contributed by atoms with Crippen molar-refractivity contribution in [3.8, 4) is 0 Å². The van der Waals surface area contributed by atoms with Crippen molar-refractivity contribution in [1.29, 1.82) is 0 Å². The summed E-state index contributed by atoms with van der Waals surface area (Å²) in [5.74, 6) is 1.74. The molecule has 1 aliphatic rings. The zero-order valence-corrected chi connectivity index (χ0v) is 10.2. The maximum Gasteiger partial charge on any atom is 0.224 e. The number of aryl methyl sites for hydroxylation is 1. The van der Waals surface area contributed by atoms with Crippen LogP contribution < -0.4 is 10.2 Å². The summed E-state index contributed by atoms with van der Waals surface area (Å²) in [7, 11) is 4.00. The lowest BCUT2D eigenvalue weighted by Crippen LogP contribution is -2.44. The Bertz CT molecular complexity index is 357. The van der Waals surface area contributed by atoms with Gasteiger partial charge in [0.15, 0.2) is 0 Å². The molecule has 0 amide bonds. The van der Waals surface area contributed by atoms with Gasteiger partial charge in [0.25, 0.3) is 0 Å². The normalized spacial score (nSPS) is 17.6. The van der Waals surface area contributed by atoms with Gasteiger partial charge in [-0.2, -0.15) is 4.98 Å². The first kappa shape index (κ1) is 11.1. The van der Waals surface area contributed by atoms with E-state index in [0.717, 1.165) is 37.7 Å². The molecular weight excluding hydrogens is 202 g/mol. The van der Waals surface area contributed by atoms with Gasteiger partial charge in [-0.1, -0.05) is 0 Å². The minimum atomic E-state index is 0.703. The lowest BCUT2D eigenvalue weighted by Gasteiger charge is -2.33. The quantitative estimate of drug-likeness (QED) is 0.791. The van der Waals surface area contributed by atoms with E-state index in [1.165, 1.54) is 0 Å². The molecular formula is C11H19N5. The minimum Gasteiger partial charge on any atom is -0.357 e. The standard InChI is InChI=1S/C11H19N5/c1-9-8-10(14-11(12-2)13-9)16-6-4-15(3)5-7-16/h8H,4-7H2,1-3H3,(H,12,13,14). The SMILES string of the molecule is CNc1nc(C)cc(N2CCN(C)CC2)n1. The van der Waals surface area contributed by atoms with Gasteiger partial charge in [-0.25, -0.2) is 4.98 Å². The third kappa shape index (κ3) is 2.41. The molecule has 16 heavy (non-hydrogen) atoms. The van der Waals surface area contributed by atoms with E-state index in [1.54, 1.807) is 0 Å². The number of piperazine rings is 1. The minimum absolute atomic E-state index is 0.703. The van der Waals surface area contributed by atoms with E-state index in [0.29, 0.717) is 5.95 Å². The Morgan fingerprint density at radius 3 is 2.50 bits per heavy atom. The van der Waals surface area contributed by atoms with E-state index >= 15 is 0 Å². The number of hydrogen-bond donors (Lipinski definition) is 1. The number of anilines is 2. The highest BCUT2D eigenvalue weighted by Gasteiger charge is 2.16. The lowest BCUT2D eigenvalue weighted by atomic mass is 10.3. The molecule has 88 valence electrons. The molecule has 0 bridgehead atoms. The van der Waals surface area contributed by atoms with Crippen molar-refractivity contribution in [2.75, 3.05) is 50.5 Å². The fraction of sp³-hybridized carbons (Fsp3) is 0.636. The topological polar surface area (TPSA) is 44.3 Å². The first-order chi connectivity index (χ1) is 7.69. The van der Waals surface area contributed by atoms with Crippen LogP contribution in [0.2, 0.25) is 0 Å². The third-order valence-electron chi connectivity index (χ3n) is 2.89. The predicted molar refractivity (Wildman–Crippen MR) is 66.0 cm³/mol. The van der Waals surface area contributed by atoms with Gasteiger partial charge in [0, 0.05) is 45.0 Å². The number of nitrogens with zero attached hydrogens (tertiary/aromatic N) is 4. The molecule has 0 radical (unpaired) electrons. The van der Waals surface area contributed by atoms with Crippen LogP contribution in [-0.2, 0) is 0 Å². The van der Waals surface area contributed by atoms with Gasteiger partial charge in [-0.15, -0.1) is 0 Å². The monoisotopic (exact) mass is 221 g/mol. The summed E-state index contributed by atoms with van der Waals surface area (Å²) in [6, 6.07) is 2.05. The fourth-order valence-electron chi connectivity index (χ4n) is 1.86. The molecule has 0 spiro atoms. The van der Waals surface area contributed by atoms with Crippen LogP contribution in [0.1, 0.15) is 5.69 Å². The third-order valence-corrected chi connectivity index (χ3v) is 2.89. The van der Waals surface area contributed by atoms with Crippen molar-refractivity contribution in [3.05, 3.63) is 11.8 Å². The van der Waals surface area contributed by atoms with Crippen LogP contribution >= 0.6 is 0 Å². The van der Waals surface area contributed by atoms with Gasteiger partial charge >= 0.3 is 0 Å². The van der Waals surface area contributed by atoms with Crippen molar-refractivity contribution in [1.82, 2.24) is 14.9 Å². The van der Waals surface area contributed by atoms with Gasteiger partial charge in [0.2, 0.25) is 5.95 Å². The summed E-state index contributed by atoms with van der Waals surface area (Å²) >= 11 is 0. The summed E-state index contributed by atoms with van der Waals surface area (Å²) in [5, 5.41) is 3.00. The van der Waals surface area contributed by atoms with Crippen LogP contribution in [0.4, 0.5) is 11.8 Å². The van der Waals surface area contributed by atoms with Crippen LogP contribution in [0.3, 0.4) is 0 Å². The average Bonchev–Trinajstić information content (AvgIpc) is 2.29. The van der Waals surface area contributed by atoms with Crippen LogP contribution in [0.15, 0.2) is 6.07 Å². The largest absolute Gasteiger partial charge is 0.357 e. The fourth-order valence-corrected chi connectivity index (χ4v) is 1.86. The summed E-state index contributed by atoms with van der Waals surface area (Å²) in [6.07, 6.45) is 0. The maximum atomic E-state index is 4.49. The summed E-state index contributed by atoms with van der Waals surface area (Å²) < 4.78 is 0. The second-order valence-corrected chi connectivity index (χ2v) is 4.23. The molecule has 0 saturated carbocycles. The number of nitrogens with one attached hydrogen (secondary N) is 1. The summed E-state index contributed by atoms with van der Waals surface area (Å²) in [5.41, 5.74) is 1.01.